The van der Waals surface area contributed by atoms with Gasteiger partial charge in [0.15, 0.2) is 16.7 Å². The molecule has 2 aliphatic rings. The molecule has 0 bridgehead atoms. The molecule has 0 aromatic heterocycles. The minimum Gasteiger partial charge on any atom is -0.454 e. The Morgan fingerprint density at radius 2 is 1.83 bits per heavy atom. The molecular formula is C26H20FN3O4S. The number of benzene rings is 3. The van der Waals surface area contributed by atoms with Crippen LogP contribution in [0.25, 0.3) is 6.08 Å². The zero-order chi connectivity index (χ0) is 24.4. The van der Waals surface area contributed by atoms with Gasteiger partial charge in [0.05, 0.1) is 10.9 Å². The van der Waals surface area contributed by atoms with Crippen LogP contribution in [-0.4, -0.2) is 29.0 Å². The lowest BCUT2D eigenvalue weighted by Crippen LogP contribution is -2.33. The van der Waals surface area contributed by atoms with E-state index in [0.29, 0.717) is 28.0 Å². The van der Waals surface area contributed by atoms with Crippen molar-refractivity contribution in [1.29, 1.82) is 0 Å². The average molecular weight is 490 g/mol. The van der Waals surface area contributed by atoms with Gasteiger partial charge >= 0.3 is 0 Å². The summed E-state index contributed by atoms with van der Waals surface area (Å²) in [6, 6.07) is 20.1. The third-order valence-electron chi connectivity index (χ3n) is 5.31. The second-order valence-electron chi connectivity index (χ2n) is 7.77. The summed E-state index contributed by atoms with van der Waals surface area (Å²) in [5.74, 6) is 0.141. The quantitative estimate of drug-likeness (QED) is 0.507. The van der Waals surface area contributed by atoms with E-state index in [1.807, 2.05) is 30.3 Å². The van der Waals surface area contributed by atoms with Crippen molar-refractivity contribution in [2.75, 3.05) is 17.0 Å². The molecular weight excluding hydrogens is 469 g/mol. The molecule has 0 fully saturated rings. The Hall–Kier alpha value is -4.11. The highest BCUT2D eigenvalue weighted by atomic mass is 32.2. The largest absolute Gasteiger partial charge is 0.454 e. The lowest BCUT2D eigenvalue weighted by Gasteiger charge is -2.20. The number of nitrogens with one attached hydrogen (secondary N) is 1. The molecule has 0 aliphatic carbocycles. The summed E-state index contributed by atoms with van der Waals surface area (Å²) in [4.78, 5) is 32.1. The van der Waals surface area contributed by atoms with Crippen LogP contribution in [0.3, 0.4) is 0 Å². The second kappa shape index (κ2) is 9.63. The monoisotopic (exact) mass is 489 g/mol. The van der Waals surface area contributed by atoms with Crippen LogP contribution in [0.1, 0.15) is 12.5 Å². The Morgan fingerprint density at radius 1 is 1.09 bits per heavy atom. The van der Waals surface area contributed by atoms with Crippen LogP contribution in [0, 0.1) is 5.82 Å². The molecule has 3 aromatic carbocycles. The maximum Gasteiger partial charge on any atom is 0.283 e. The highest BCUT2D eigenvalue weighted by Gasteiger charge is 2.34. The lowest BCUT2D eigenvalue weighted by atomic mass is 10.2. The van der Waals surface area contributed by atoms with Gasteiger partial charge in [0.2, 0.25) is 12.7 Å². The molecule has 2 amide bonds. The number of ether oxygens (including phenoxy) is 2. The van der Waals surface area contributed by atoms with E-state index in [-0.39, 0.29) is 24.3 Å². The first-order valence-corrected chi connectivity index (χ1v) is 11.7. The number of hydrogen-bond acceptors (Lipinski definition) is 6. The molecule has 0 saturated heterocycles. The van der Waals surface area contributed by atoms with Crippen molar-refractivity contribution in [3.8, 4) is 11.5 Å². The highest BCUT2D eigenvalue weighted by molar-refractivity contribution is 8.15. The summed E-state index contributed by atoms with van der Waals surface area (Å²) >= 11 is 1.14. The fraction of sp³-hybridized carbons (Fsp3) is 0.115. The number of amides is 2. The maximum absolute atomic E-state index is 13.5. The number of rotatable bonds is 5. The molecule has 0 unspecified atom stereocenters. The van der Waals surface area contributed by atoms with Gasteiger partial charge in [-0.15, -0.1) is 0 Å². The van der Waals surface area contributed by atoms with Crippen LogP contribution < -0.4 is 19.7 Å². The van der Waals surface area contributed by atoms with E-state index in [9.17, 15) is 14.0 Å². The number of aliphatic imine (C=N–C) groups is 1. The van der Waals surface area contributed by atoms with E-state index in [4.69, 9.17) is 9.47 Å². The van der Waals surface area contributed by atoms with E-state index < -0.39 is 11.1 Å². The molecule has 3 aromatic rings. The summed E-state index contributed by atoms with van der Waals surface area (Å²) < 4.78 is 24.2. The van der Waals surface area contributed by atoms with Gasteiger partial charge in [0.1, 0.15) is 11.5 Å². The zero-order valence-corrected chi connectivity index (χ0v) is 19.4. The fourth-order valence-corrected chi connectivity index (χ4v) is 4.46. The smallest absolute Gasteiger partial charge is 0.283 e. The number of carbonyl (C=O) groups excluding carboxylic acids is 2. The molecule has 9 heteroatoms. The number of nitrogens with zero attached hydrogens (tertiary/aromatic N) is 2. The predicted octanol–water partition coefficient (Wildman–Crippen LogP) is 5.06. The number of amidine groups is 1. The van der Waals surface area contributed by atoms with Crippen molar-refractivity contribution in [2.45, 2.75) is 12.2 Å². The van der Waals surface area contributed by atoms with Gasteiger partial charge in [-0.3, -0.25) is 14.5 Å². The van der Waals surface area contributed by atoms with Gasteiger partial charge in [-0.1, -0.05) is 42.1 Å². The van der Waals surface area contributed by atoms with Gasteiger partial charge in [0.25, 0.3) is 5.91 Å². The summed E-state index contributed by atoms with van der Waals surface area (Å²) in [5.41, 5.74) is 2.07. The zero-order valence-electron chi connectivity index (χ0n) is 18.6. The molecule has 2 heterocycles. The van der Waals surface area contributed by atoms with Gasteiger partial charge in [-0.2, -0.15) is 0 Å². The number of fused-ring (bicyclic) bond motifs is 1. The normalized spacial score (nSPS) is 16.4. The SMILES string of the molecule is C[C@H](SC1=N/C(=C\c2ccccc2)C(=O)N1c1ccc(F)cc1)C(=O)Nc1ccc2c(c1)OCO2. The van der Waals surface area contributed by atoms with Gasteiger partial charge in [-0.25, -0.2) is 9.38 Å². The Bertz CT molecular complexity index is 1340. The Balaban J connectivity index is 1.38. The minimum absolute atomic E-state index is 0.144. The number of thioether (sulfide) groups is 1. The topological polar surface area (TPSA) is 80.2 Å². The maximum atomic E-state index is 13.5. The Labute approximate surface area is 205 Å². The van der Waals surface area contributed by atoms with Crippen LogP contribution in [0.5, 0.6) is 11.5 Å². The summed E-state index contributed by atoms with van der Waals surface area (Å²) in [6.07, 6.45) is 1.68. The lowest BCUT2D eigenvalue weighted by molar-refractivity contribution is -0.115. The molecule has 35 heavy (non-hydrogen) atoms. The molecule has 1 N–H and O–H groups in total. The van der Waals surface area contributed by atoms with Crippen molar-refractivity contribution in [3.05, 3.63) is 89.9 Å². The summed E-state index contributed by atoms with van der Waals surface area (Å²) in [7, 11) is 0. The van der Waals surface area contributed by atoms with E-state index in [0.717, 1.165) is 17.3 Å². The molecule has 0 saturated carbocycles. The van der Waals surface area contributed by atoms with Crippen LogP contribution in [0.4, 0.5) is 15.8 Å². The number of carbonyl (C=O) groups is 2. The average Bonchev–Trinajstić information content (AvgIpc) is 3.44. The molecule has 5 rings (SSSR count). The van der Waals surface area contributed by atoms with E-state index in [1.165, 1.54) is 29.2 Å². The fourth-order valence-electron chi connectivity index (χ4n) is 3.53. The minimum atomic E-state index is -0.592. The third kappa shape index (κ3) is 4.90. The second-order valence-corrected chi connectivity index (χ2v) is 9.08. The molecule has 0 radical (unpaired) electrons. The third-order valence-corrected chi connectivity index (χ3v) is 6.36. The van der Waals surface area contributed by atoms with E-state index in [1.54, 1.807) is 31.2 Å². The number of halogens is 1. The first-order chi connectivity index (χ1) is 17.0. The van der Waals surface area contributed by atoms with Gasteiger partial charge in [-0.05, 0) is 55.0 Å². The van der Waals surface area contributed by atoms with Gasteiger partial charge in [0, 0.05) is 11.8 Å². The first-order valence-electron chi connectivity index (χ1n) is 10.8. The van der Waals surface area contributed by atoms with E-state index in [2.05, 4.69) is 10.3 Å². The molecule has 1 atom stereocenters. The summed E-state index contributed by atoms with van der Waals surface area (Å²) in [6.45, 7) is 1.87. The molecule has 7 nitrogen and oxygen atoms in total. The van der Waals surface area contributed by atoms with Crippen LogP contribution in [-0.2, 0) is 9.59 Å². The summed E-state index contributed by atoms with van der Waals surface area (Å²) in [5, 5.41) is 2.59. The predicted molar refractivity (Wildman–Crippen MR) is 134 cm³/mol. The molecule has 176 valence electrons. The molecule has 0 spiro atoms. The molecule has 2 aliphatic heterocycles. The van der Waals surface area contributed by atoms with Crippen LogP contribution in [0.15, 0.2) is 83.5 Å². The van der Waals surface area contributed by atoms with E-state index >= 15 is 0 Å². The van der Waals surface area contributed by atoms with Crippen molar-refractivity contribution < 1.29 is 23.5 Å². The standard InChI is InChI=1S/C26H20FN3O4S/c1-16(24(31)28-19-9-12-22-23(14-19)34-15-33-22)35-26-29-21(13-17-5-3-2-4-6-17)25(32)30(26)20-10-7-18(27)8-11-20/h2-14,16H,15H2,1H3,(H,28,31)/b21-13-/t16-/m0/s1. The van der Waals surface area contributed by atoms with Crippen molar-refractivity contribution in [1.82, 2.24) is 0 Å². The Kier molecular flexibility index (Phi) is 6.24. The first kappa shape index (κ1) is 22.7. The van der Waals surface area contributed by atoms with Crippen molar-refractivity contribution in [3.63, 3.8) is 0 Å². The Morgan fingerprint density at radius 3 is 2.60 bits per heavy atom. The highest BCUT2D eigenvalue weighted by Crippen LogP contribution is 2.35. The van der Waals surface area contributed by atoms with Crippen LogP contribution in [0.2, 0.25) is 0 Å². The number of anilines is 2. The van der Waals surface area contributed by atoms with Crippen molar-refractivity contribution in [2.24, 2.45) is 4.99 Å². The van der Waals surface area contributed by atoms with Crippen molar-refractivity contribution >= 4 is 46.2 Å². The number of hydrogen-bond donors (Lipinski definition) is 1. The van der Waals surface area contributed by atoms with Crippen LogP contribution >= 0.6 is 11.8 Å². The van der Waals surface area contributed by atoms with Gasteiger partial charge < -0.3 is 14.8 Å².